The zero-order valence-corrected chi connectivity index (χ0v) is 14.7. The standard InChI is InChI=1S/C16H17ClN2OS2/c1-10-2-7-13-14(8-10)22-16(18-13)19-15(20)9-21-12-5-3-11(17)4-6-12/h3-6,10H,2,7-9H2,1H3,(H,18,19,20). The van der Waals surface area contributed by atoms with Gasteiger partial charge in [-0.05, 0) is 49.4 Å². The van der Waals surface area contributed by atoms with E-state index in [1.54, 1.807) is 11.3 Å². The molecule has 0 aliphatic heterocycles. The van der Waals surface area contributed by atoms with Crippen molar-refractivity contribution in [1.82, 2.24) is 4.98 Å². The van der Waals surface area contributed by atoms with E-state index >= 15 is 0 Å². The van der Waals surface area contributed by atoms with Gasteiger partial charge in [0.1, 0.15) is 0 Å². The van der Waals surface area contributed by atoms with Gasteiger partial charge in [-0.25, -0.2) is 4.98 Å². The van der Waals surface area contributed by atoms with Crippen molar-refractivity contribution in [3.8, 4) is 0 Å². The third-order valence-electron chi connectivity index (χ3n) is 3.62. The van der Waals surface area contributed by atoms with Crippen molar-refractivity contribution in [1.29, 1.82) is 0 Å². The molecular weight excluding hydrogens is 336 g/mol. The number of nitrogens with zero attached hydrogens (tertiary/aromatic N) is 1. The fourth-order valence-electron chi connectivity index (χ4n) is 2.43. The summed E-state index contributed by atoms with van der Waals surface area (Å²) in [4.78, 5) is 19.0. The summed E-state index contributed by atoms with van der Waals surface area (Å²) < 4.78 is 0. The second-order valence-corrected chi connectivity index (χ2v) is 8.10. The number of hydrogen-bond acceptors (Lipinski definition) is 4. The molecular formula is C16H17ClN2OS2. The summed E-state index contributed by atoms with van der Waals surface area (Å²) in [6, 6.07) is 7.50. The molecule has 1 N–H and O–H groups in total. The van der Waals surface area contributed by atoms with E-state index in [4.69, 9.17) is 11.6 Å². The van der Waals surface area contributed by atoms with Crippen LogP contribution in [0.4, 0.5) is 5.13 Å². The van der Waals surface area contributed by atoms with Crippen LogP contribution in [0.1, 0.15) is 23.9 Å². The van der Waals surface area contributed by atoms with Gasteiger partial charge in [-0.2, -0.15) is 0 Å². The van der Waals surface area contributed by atoms with Gasteiger partial charge < -0.3 is 5.32 Å². The number of nitrogens with one attached hydrogen (secondary N) is 1. The molecule has 1 aromatic carbocycles. The second-order valence-electron chi connectivity index (χ2n) is 5.53. The normalized spacial score (nSPS) is 17.1. The molecule has 1 aromatic heterocycles. The van der Waals surface area contributed by atoms with Crippen LogP contribution in [0.15, 0.2) is 29.2 Å². The minimum atomic E-state index is -0.0147. The zero-order valence-electron chi connectivity index (χ0n) is 12.3. The van der Waals surface area contributed by atoms with E-state index in [1.165, 1.54) is 28.8 Å². The van der Waals surface area contributed by atoms with Gasteiger partial charge in [0, 0.05) is 14.8 Å². The Morgan fingerprint density at radius 1 is 1.45 bits per heavy atom. The molecule has 3 nitrogen and oxygen atoms in total. The fourth-order valence-corrected chi connectivity index (χ4v) is 4.44. The summed E-state index contributed by atoms with van der Waals surface area (Å²) in [5, 5.41) is 4.36. The Labute approximate surface area is 143 Å². The number of aryl methyl sites for hydroxylation is 1. The Balaban J connectivity index is 1.54. The average molecular weight is 353 g/mol. The summed E-state index contributed by atoms with van der Waals surface area (Å²) in [5.41, 5.74) is 1.17. The molecule has 0 saturated heterocycles. The number of aromatic nitrogens is 1. The van der Waals surface area contributed by atoms with E-state index in [1.807, 2.05) is 24.3 Å². The van der Waals surface area contributed by atoms with Gasteiger partial charge in [0.25, 0.3) is 0 Å². The molecule has 1 heterocycles. The monoisotopic (exact) mass is 352 g/mol. The molecule has 22 heavy (non-hydrogen) atoms. The average Bonchev–Trinajstić information content (AvgIpc) is 2.88. The zero-order chi connectivity index (χ0) is 15.5. The molecule has 1 unspecified atom stereocenters. The van der Waals surface area contributed by atoms with Gasteiger partial charge in [-0.3, -0.25) is 4.79 Å². The first-order valence-corrected chi connectivity index (χ1v) is 9.45. The predicted molar refractivity (Wildman–Crippen MR) is 94.1 cm³/mol. The van der Waals surface area contributed by atoms with E-state index in [0.717, 1.165) is 28.8 Å². The van der Waals surface area contributed by atoms with Gasteiger partial charge in [0.2, 0.25) is 5.91 Å². The van der Waals surface area contributed by atoms with E-state index in [0.29, 0.717) is 10.8 Å². The van der Waals surface area contributed by atoms with Gasteiger partial charge in [-0.1, -0.05) is 18.5 Å². The number of halogens is 1. The number of hydrogen-bond donors (Lipinski definition) is 1. The third-order valence-corrected chi connectivity index (χ3v) is 5.92. The van der Waals surface area contributed by atoms with Gasteiger partial charge in [0.05, 0.1) is 11.4 Å². The predicted octanol–water partition coefficient (Wildman–Crippen LogP) is 4.65. The summed E-state index contributed by atoms with van der Waals surface area (Å²) in [5.74, 6) is 1.08. The second kappa shape index (κ2) is 7.02. The van der Waals surface area contributed by atoms with Crippen molar-refractivity contribution in [3.63, 3.8) is 0 Å². The van der Waals surface area contributed by atoms with Crippen LogP contribution in [0, 0.1) is 5.92 Å². The molecule has 0 fully saturated rings. The minimum absolute atomic E-state index is 0.0147. The van der Waals surface area contributed by atoms with Gasteiger partial charge in [-0.15, -0.1) is 23.1 Å². The number of carbonyl (C=O) groups excluding carboxylic acids is 1. The number of benzene rings is 1. The molecule has 1 amide bonds. The van der Waals surface area contributed by atoms with Gasteiger partial charge in [0.15, 0.2) is 5.13 Å². The van der Waals surface area contributed by atoms with E-state index in [2.05, 4.69) is 17.2 Å². The quantitative estimate of drug-likeness (QED) is 0.814. The molecule has 1 aliphatic carbocycles. The Morgan fingerprint density at radius 3 is 3.00 bits per heavy atom. The van der Waals surface area contributed by atoms with E-state index in [-0.39, 0.29) is 5.91 Å². The number of amides is 1. The summed E-state index contributed by atoms with van der Waals surface area (Å²) in [6.07, 6.45) is 3.31. The smallest absolute Gasteiger partial charge is 0.236 e. The van der Waals surface area contributed by atoms with Crippen molar-refractivity contribution < 1.29 is 4.79 Å². The molecule has 3 rings (SSSR count). The topological polar surface area (TPSA) is 42.0 Å². The maximum absolute atomic E-state index is 12.0. The molecule has 1 aliphatic rings. The highest BCUT2D eigenvalue weighted by Gasteiger charge is 2.20. The Hall–Kier alpha value is -1.04. The third kappa shape index (κ3) is 4.03. The number of thiazole rings is 1. The lowest BCUT2D eigenvalue weighted by Crippen LogP contribution is -2.14. The molecule has 0 spiro atoms. The summed E-state index contributed by atoms with van der Waals surface area (Å²) >= 11 is 8.97. The summed E-state index contributed by atoms with van der Waals surface area (Å²) in [6.45, 7) is 2.27. The van der Waals surface area contributed by atoms with Crippen LogP contribution >= 0.6 is 34.7 Å². The molecule has 2 aromatic rings. The van der Waals surface area contributed by atoms with Crippen molar-refractivity contribution in [2.75, 3.05) is 11.1 Å². The van der Waals surface area contributed by atoms with Crippen LogP contribution in [0.2, 0.25) is 5.02 Å². The van der Waals surface area contributed by atoms with E-state index < -0.39 is 0 Å². The lowest BCUT2D eigenvalue weighted by Gasteiger charge is -2.15. The molecule has 0 bridgehead atoms. The lowest BCUT2D eigenvalue weighted by molar-refractivity contribution is -0.113. The highest BCUT2D eigenvalue weighted by Crippen LogP contribution is 2.32. The fraction of sp³-hybridized carbons (Fsp3) is 0.375. The largest absolute Gasteiger partial charge is 0.301 e. The highest BCUT2D eigenvalue weighted by atomic mass is 35.5. The van der Waals surface area contributed by atoms with Crippen molar-refractivity contribution in [2.45, 2.75) is 31.1 Å². The maximum Gasteiger partial charge on any atom is 0.236 e. The maximum atomic E-state index is 12.0. The Morgan fingerprint density at radius 2 is 2.23 bits per heavy atom. The summed E-state index contributed by atoms with van der Waals surface area (Å²) in [7, 11) is 0. The lowest BCUT2D eigenvalue weighted by atomic mass is 9.93. The molecule has 0 radical (unpaired) electrons. The highest BCUT2D eigenvalue weighted by molar-refractivity contribution is 8.00. The van der Waals surface area contributed by atoms with Crippen LogP contribution in [-0.4, -0.2) is 16.6 Å². The first-order valence-electron chi connectivity index (χ1n) is 7.27. The van der Waals surface area contributed by atoms with Crippen molar-refractivity contribution in [2.24, 2.45) is 5.92 Å². The first kappa shape index (κ1) is 15.8. The molecule has 116 valence electrons. The SMILES string of the molecule is CC1CCc2nc(NC(=O)CSc3ccc(Cl)cc3)sc2C1. The Kier molecular flexibility index (Phi) is 5.06. The number of rotatable bonds is 4. The van der Waals surface area contributed by atoms with Crippen LogP contribution in [0.25, 0.3) is 0 Å². The Bertz CT molecular complexity index is 669. The van der Waals surface area contributed by atoms with Crippen molar-refractivity contribution in [3.05, 3.63) is 39.9 Å². The van der Waals surface area contributed by atoms with E-state index in [9.17, 15) is 4.79 Å². The molecule has 1 atom stereocenters. The van der Waals surface area contributed by atoms with Crippen LogP contribution < -0.4 is 5.32 Å². The van der Waals surface area contributed by atoms with Crippen molar-refractivity contribution >= 4 is 45.7 Å². The number of fused-ring (bicyclic) bond motifs is 1. The van der Waals surface area contributed by atoms with Crippen LogP contribution in [0.5, 0.6) is 0 Å². The van der Waals surface area contributed by atoms with Crippen LogP contribution in [-0.2, 0) is 17.6 Å². The van der Waals surface area contributed by atoms with Gasteiger partial charge >= 0.3 is 0 Å². The molecule has 6 heteroatoms. The number of anilines is 1. The first-order chi connectivity index (χ1) is 10.6. The van der Waals surface area contributed by atoms with Crippen LogP contribution in [0.3, 0.4) is 0 Å². The number of thioether (sulfide) groups is 1. The number of carbonyl (C=O) groups is 1. The minimum Gasteiger partial charge on any atom is -0.301 e. The molecule has 0 saturated carbocycles.